The van der Waals surface area contributed by atoms with Crippen LogP contribution in [-0.2, 0) is 15.9 Å². The van der Waals surface area contributed by atoms with Crippen LogP contribution >= 0.6 is 15.9 Å². The summed E-state index contributed by atoms with van der Waals surface area (Å²) in [6.45, 7) is 3.83. The lowest BCUT2D eigenvalue weighted by Gasteiger charge is -2.23. The summed E-state index contributed by atoms with van der Waals surface area (Å²) in [5, 5.41) is 0. The van der Waals surface area contributed by atoms with Crippen LogP contribution in [0.4, 0.5) is 5.69 Å². The second kappa shape index (κ2) is 7.58. The highest BCUT2D eigenvalue weighted by Crippen LogP contribution is 2.30. The minimum atomic E-state index is 0.117. The molecule has 0 bridgehead atoms. The van der Waals surface area contributed by atoms with Crippen molar-refractivity contribution in [3.63, 3.8) is 0 Å². The lowest BCUT2D eigenvalue weighted by molar-refractivity contribution is -0.00461. The van der Waals surface area contributed by atoms with Gasteiger partial charge in [0.1, 0.15) is 12.2 Å². The number of ether oxygens (including phenoxy) is 2. The minimum Gasteiger partial charge on any atom is -0.377 e. The van der Waals surface area contributed by atoms with Crippen molar-refractivity contribution in [3.8, 4) is 0 Å². The molecule has 21 heavy (non-hydrogen) atoms. The quantitative estimate of drug-likeness (QED) is 0.850. The molecular formula is C16H25BrN2O2. The molecule has 3 atom stereocenters. The lowest BCUT2D eigenvalue weighted by atomic mass is 10.0. The largest absolute Gasteiger partial charge is 0.377 e. The number of anilines is 1. The summed E-state index contributed by atoms with van der Waals surface area (Å²) in [6.07, 6.45) is 2.10. The molecule has 3 unspecified atom stereocenters. The Morgan fingerprint density at radius 2 is 1.90 bits per heavy atom. The number of nitrogens with two attached hydrogens (primary N) is 1. The van der Waals surface area contributed by atoms with E-state index in [-0.39, 0.29) is 18.2 Å². The average molecular weight is 357 g/mol. The number of hydrogen-bond acceptors (Lipinski definition) is 4. The first-order valence-corrected chi connectivity index (χ1v) is 8.22. The number of benzene rings is 1. The van der Waals surface area contributed by atoms with Gasteiger partial charge in [-0.25, -0.2) is 0 Å². The van der Waals surface area contributed by atoms with Gasteiger partial charge < -0.3 is 20.1 Å². The summed E-state index contributed by atoms with van der Waals surface area (Å²) in [7, 11) is 3.49. The summed E-state index contributed by atoms with van der Waals surface area (Å²) in [5.41, 5.74) is 8.67. The molecular weight excluding hydrogens is 332 g/mol. The third-order valence-corrected chi connectivity index (χ3v) is 4.70. The zero-order valence-corrected chi connectivity index (χ0v) is 14.6. The summed E-state index contributed by atoms with van der Waals surface area (Å²) >= 11 is 3.56. The Balaban J connectivity index is 2.23. The van der Waals surface area contributed by atoms with E-state index >= 15 is 0 Å². The van der Waals surface area contributed by atoms with Crippen molar-refractivity contribution in [2.24, 2.45) is 5.73 Å². The van der Waals surface area contributed by atoms with Gasteiger partial charge in [0.15, 0.2) is 0 Å². The molecule has 1 saturated heterocycles. The molecule has 0 amide bonds. The second-order valence-corrected chi connectivity index (χ2v) is 6.51. The van der Waals surface area contributed by atoms with Crippen LogP contribution in [0.3, 0.4) is 0 Å². The van der Waals surface area contributed by atoms with Gasteiger partial charge in [0, 0.05) is 43.5 Å². The Morgan fingerprint density at radius 3 is 2.43 bits per heavy atom. The van der Waals surface area contributed by atoms with Crippen molar-refractivity contribution in [3.05, 3.63) is 28.2 Å². The van der Waals surface area contributed by atoms with Crippen molar-refractivity contribution < 1.29 is 9.47 Å². The van der Waals surface area contributed by atoms with E-state index in [1.54, 1.807) is 14.2 Å². The van der Waals surface area contributed by atoms with Crippen LogP contribution in [-0.4, -0.2) is 45.6 Å². The van der Waals surface area contributed by atoms with Crippen LogP contribution in [0, 0.1) is 0 Å². The number of halogens is 1. The summed E-state index contributed by atoms with van der Waals surface area (Å²) in [6, 6.07) is 6.61. The summed E-state index contributed by atoms with van der Waals surface area (Å²) < 4.78 is 12.2. The van der Waals surface area contributed by atoms with E-state index in [0.717, 1.165) is 30.4 Å². The first kappa shape index (κ1) is 16.7. The fraction of sp³-hybridized carbons (Fsp3) is 0.625. The molecule has 1 aromatic carbocycles. The van der Waals surface area contributed by atoms with Gasteiger partial charge in [-0.1, -0.05) is 22.9 Å². The molecule has 4 nitrogen and oxygen atoms in total. The normalized spacial score (nSPS) is 23.6. The van der Waals surface area contributed by atoms with Crippen molar-refractivity contribution in [2.75, 3.05) is 32.2 Å². The van der Waals surface area contributed by atoms with Gasteiger partial charge in [-0.15, -0.1) is 0 Å². The molecule has 1 heterocycles. The summed E-state index contributed by atoms with van der Waals surface area (Å²) in [5.74, 6) is 0. The van der Waals surface area contributed by atoms with Gasteiger partial charge in [0.05, 0.1) is 0 Å². The van der Waals surface area contributed by atoms with Crippen molar-refractivity contribution in [2.45, 2.75) is 38.0 Å². The highest BCUT2D eigenvalue weighted by atomic mass is 79.9. The van der Waals surface area contributed by atoms with E-state index in [2.05, 4.69) is 46.0 Å². The van der Waals surface area contributed by atoms with Crippen LogP contribution in [0.25, 0.3) is 0 Å². The first-order chi connectivity index (χ1) is 10.1. The number of methoxy groups -OCH3 is 2. The molecule has 2 rings (SSSR count). The molecule has 118 valence electrons. The zero-order valence-electron chi connectivity index (χ0n) is 13.0. The average Bonchev–Trinajstić information content (AvgIpc) is 2.90. The van der Waals surface area contributed by atoms with Crippen LogP contribution in [0.15, 0.2) is 22.7 Å². The smallest absolute Gasteiger partial charge is 0.102 e. The van der Waals surface area contributed by atoms with E-state index in [1.807, 2.05) is 0 Å². The number of nitrogens with zero attached hydrogens (tertiary/aromatic N) is 1. The molecule has 0 aromatic heterocycles. The SMILES string of the molecule is CCC(N)Cc1cc(Br)ccc1N1CC(OC)C(OC)C1. The molecule has 0 radical (unpaired) electrons. The van der Waals surface area contributed by atoms with Gasteiger partial charge in [-0.2, -0.15) is 0 Å². The van der Waals surface area contributed by atoms with Gasteiger partial charge in [0.25, 0.3) is 0 Å². The van der Waals surface area contributed by atoms with Gasteiger partial charge >= 0.3 is 0 Å². The number of rotatable bonds is 6. The maximum absolute atomic E-state index is 6.15. The molecule has 5 heteroatoms. The lowest BCUT2D eigenvalue weighted by Crippen LogP contribution is -2.27. The Kier molecular flexibility index (Phi) is 6.05. The monoisotopic (exact) mass is 356 g/mol. The highest BCUT2D eigenvalue weighted by molar-refractivity contribution is 9.10. The second-order valence-electron chi connectivity index (χ2n) is 5.60. The van der Waals surface area contributed by atoms with Crippen molar-refractivity contribution >= 4 is 21.6 Å². The van der Waals surface area contributed by atoms with E-state index in [9.17, 15) is 0 Å². The van der Waals surface area contributed by atoms with Gasteiger partial charge in [0.2, 0.25) is 0 Å². The maximum Gasteiger partial charge on any atom is 0.102 e. The predicted octanol–water partition coefficient (Wildman–Crippen LogP) is 2.58. The Hall–Kier alpha value is -0.620. The van der Waals surface area contributed by atoms with Gasteiger partial charge in [-0.3, -0.25) is 0 Å². The highest BCUT2D eigenvalue weighted by Gasteiger charge is 2.33. The molecule has 2 N–H and O–H groups in total. The van der Waals surface area contributed by atoms with Crippen LogP contribution < -0.4 is 10.6 Å². The molecule has 0 saturated carbocycles. The Morgan fingerprint density at radius 1 is 1.29 bits per heavy atom. The Bertz CT molecular complexity index is 458. The minimum absolute atomic E-state index is 0.117. The van der Waals surface area contributed by atoms with E-state index in [4.69, 9.17) is 15.2 Å². The van der Waals surface area contributed by atoms with Crippen LogP contribution in [0.5, 0.6) is 0 Å². The van der Waals surface area contributed by atoms with Crippen LogP contribution in [0.1, 0.15) is 18.9 Å². The van der Waals surface area contributed by atoms with E-state index in [1.165, 1.54) is 11.3 Å². The molecule has 0 spiro atoms. The predicted molar refractivity (Wildman–Crippen MR) is 89.9 cm³/mol. The number of hydrogen-bond donors (Lipinski definition) is 1. The zero-order chi connectivity index (χ0) is 15.4. The molecule has 1 aliphatic heterocycles. The summed E-state index contributed by atoms with van der Waals surface area (Å²) in [4.78, 5) is 2.34. The molecule has 0 aliphatic carbocycles. The Labute approximate surface area is 135 Å². The molecule has 1 fully saturated rings. The third-order valence-electron chi connectivity index (χ3n) is 4.21. The molecule has 1 aromatic rings. The standard InChI is InChI=1S/C16H25BrN2O2/c1-4-13(18)8-11-7-12(17)5-6-14(11)19-9-15(20-2)16(10-19)21-3/h5-7,13,15-16H,4,8-10,18H2,1-3H3. The fourth-order valence-electron chi connectivity index (χ4n) is 2.85. The van der Waals surface area contributed by atoms with Gasteiger partial charge in [-0.05, 0) is 36.6 Å². The van der Waals surface area contributed by atoms with Crippen molar-refractivity contribution in [1.82, 2.24) is 0 Å². The van der Waals surface area contributed by atoms with Crippen molar-refractivity contribution in [1.29, 1.82) is 0 Å². The van der Waals surface area contributed by atoms with E-state index in [0.29, 0.717) is 0 Å². The first-order valence-electron chi connectivity index (χ1n) is 7.43. The van der Waals surface area contributed by atoms with E-state index < -0.39 is 0 Å². The fourth-order valence-corrected chi connectivity index (χ4v) is 3.25. The third kappa shape index (κ3) is 3.97. The topological polar surface area (TPSA) is 47.7 Å². The maximum atomic E-state index is 6.15. The molecule has 1 aliphatic rings. The van der Waals surface area contributed by atoms with Crippen LogP contribution in [0.2, 0.25) is 0 Å².